The molecule has 0 radical (unpaired) electrons. The quantitative estimate of drug-likeness (QED) is 0.631. The van der Waals surface area contributed by atoms with E-state index in [9.17, 15) is 4.79 Å². The zero-order valence-electron chi connectivity index (χ0n) is 12.2. The molecule has 0 aliphatic carbocycles. The zero-order chi connectivity index (χ0) is 15.0. The number of esters is 1. The molecular weight excluding hydrogens is 286 g/mol. The Balaban J connectivity index is 0.00000220. The summed E-state index contributed by atoms with van der Waals surface area (Å²) in [6.45, 7) is 3.99. The van der Waals surface area contributed by atoms with E-state index in [0.717, 1.165) is 21.5 Å². The number of carbonyl (C=O) groups is 1. The van der Waals surface area contributed by atoms with Gasteiger partial charge in [-0.3, -0.25) is 4.68 Å². The first-order chi connectivity index (χ1) is 9.36. The molecule has 0 atom stereocenters. The number of nitrogens with zero attached hydrogens (tertiary/aromatic N) is 3. The molecule has 0 saturated heterocycles. The van der Waals surface area contributed by atoms with Crippen molar-refractivity contribution in [3.8, 4) is 11.4 Å². The first kappa shape index (κ1) is 17.1. The highest BCUT2D eigenvalue weighted by Crippen LogP contribution is 2.24. The normalized spacial score (nSPS) is 10.1. The maximum atomic E-state index is 11.7. The summed E-state index contributed by atoms with van der Waals surface area (Å²) in [6.07, 6.45) is 0. The van der Waals surface area contributed by atoms with Gasteiger partial charge in [-0.2, -0.15) is 5.10 Å². The third-order valence-electron chi connectivity index (χ3n) is 3.30. The van der Waals surface area contributed by atoms with E-state index < -0.39 is 5.97 Å². The van der Waals surface area contributed by atoms with Gasteiger partial charge in [-0.25, -0.2) is 4.79 Å². The molecule has 2 aromatic rings. The summed E-state index contributed by atoms with van der Waals surface area (Å²) in [4.78, 5) is 11.7. The van der Waals surface area contributed by atoms with E-state index in [1.54, 1.807) is 13.1 Å². The lowest BCUT2D eigenvalue weighted by atomic mass is 10.1. The molecule has 6 heteroatoms. The molecule has 0 aromatic carbocycles. The van der Waals surface area contributed by atoms with Gasteiger partial charge in [0.2, 0.25) is 0 Å². The molecule has 0 amide bonds. The number of aromatic nitrogens is 3. The molecule has 0 fully saturated rings. The Bertz CT molecular complexity index is 744. The highest BCUT2D eigenvalue weighted by atomic mass is 32.1. The van der Waals surface area contributed by atoms with Crippen molar-refractivity contribution in [1.29, 1.82) is 0 Å². The van der Waals surface area contributed by atoms with E-state index in [-0.39, 0.29) is 7.43 Å². The van der Waals surface area contributed by atoms with Gasteiger partial charge in [-0.15, -0.1) is 0 Å². The van der Waals surface area contributed by atoms with Crippen LogP contribution in [0.2, 0.25) is 0 Å². The first-order valence-corrected chi connectivity index (χ1v) is 6.57. The lowest BCUT2D eigenvalue weighted by Gasteiger charge is -2.12. The van der Waals surface area contributed by atoms with Gasteiger partial charge in [-0.05, 0) is 25.0 Å². The number of pyridine rings is 1. The molecule has 5 nitrogen and oxygen atoms in total. The molecule has 114 valence electrons. The molecule has 0 saturated carbocycles. The minimum absolute atomic E-state index is 0. The topological polar surface area (TPSA) is 49.1 Å². The van der Waals surface area contributed by atoms with E-state index >= 15 is 0 Å². The average Bonchev–Trinajstić information content (AvgIpc) is 2.77. The number of ether oxygens (including phenoxy) is 1. The monoisotopic (exact) mass is 307 g/mol. The van der Waals surface area contributed by atoms with Gasteiger partial charge in [0.05, 0.1) is 12.8 Å². The van der Waals surface area contributed by atoms with Crippen LogP contribution in [0.4, 0.5) is 0 Å². The molecule has 2 heterocycles. The fourth-order valence-electron chi connectivity index (χ4n) is 2.34. The molecule has 2 rings (SSSR count). The van der Waals surface area contributed by atoms with Gasteiger partial charge in [0, 0.05) is 20.2 Å². The molecular formula is C15H21N3O2S. The molecule has 0 aliphatic heterocycles. The van der Waals surface area contributed by atoms with Crippen LogP contribution in [0.5, 0.6) is 0 Å². The van der Waals surface area contributed by atoms with Crippen molar-refractivity contribution in [2.24, 2.45) is 14.1 Å². The Morgan fingerprint density at radius 1 is 1.24 bits per heavy atom. The van der Waals surface area contributed by atoms with Crippen molar-refractivity contribution < 1.29 is 9.53 Å². The van der Waals surface area contributed by atoms with E-state index in [1.807, 2.05) is 31.5 Å². The van der Waals surface area contributed by atoms with Crippen LogP contribution < -0.4 is 0 Å². The second kappa shape index (κ2) is 6.22. The fourth-order valence-corrected chi connectivity index (χ4v) is 2.49. The summed E-state index contributed by atoms with van der Waals surface area (Å²) < 4.78 is 8.94. The number of aryl methyl sites for hydroxylation is 3. The van der Waals surface area contributed by atoms with Gasteiger partial charge in [0.1, 0.15) is 16.0 Å². The summed E-state index contributed by atoms with van der Waals surface area (Å²) in [6, 6.07) is 3.75. The molecule has 0 bridgehead atoms. The van der Waals surface area contributed by atoms with Gasteiger partial charge in [-0.1, -0.05) is 25.7 Å². The van der Waals surface area contributed by atoms with Gasteiger partial charge >= 0.3 is 5.97 Å². The summed E-state index contributed by atoms with van der Waals surface area (Å²) in [5.74, 6) is -0.405. The third kappa shape index (κ3) is 2.90. The lowest BCUT2D eigenvalue weighted by molar-refractivity contribution is 0.0588. The van der Waals surface area contributed by atoms with E-state index in [4.69, 9.17) is 17.0 Å². The van der Waals surface area contributed by atoms with Crippen molar-refractivity contribution in [1.82, 2.24) is 14.3 Å². The molecule has 2 aromatic heterocycles. The van der Waals surface area contributed by atoms with Crippen molar-refractivity contribution in [2.45, 2.75) is 21.3 Å². The maximum absolute atomic E-state index is 11.7. The van der Waals surface area contributed by atoms with Crippen LogP contribution in [0.1, 0.15) is 29.0 Å². The number of methoxy groups -OCH3 is 1. The van der Waals surface area contributed by atoms with E-state index in [1.165, 1.54) is 11.8 Å². The van der Waals surface area contributed by atoms with Crippen molar-refractivity contribution in [3.63, 3.8) is 0 Å². The summed E-state index contributed by atoms with van der Waals surface area (Å²) in [5.41, 5.74) is 4.14. The number of hydrogen-bond donors (Lipinski definition) is 0. The van der Waals surface area contributed by atoms with Crippen LogP contribution in [0.25, 0.3) is 11.4 Å². The summed E-state index contributed by atoms with van der Waals surface area (Å²) in [7, 11) is 4.98. The highest BCUT2D eigenvalue weighted by Gasteiger charge is 2.17. The third-order valence-corrected chi connectivity index (χ3v) is 3.90. The second-order valence-corrected chi connectivity index (χ2v) is 5.14. The van der Waals surface area contributed by atoms with Gasteiger partial charge in [0.15, 0.2) is 0 Å². The number of rotatable bonds is 2. The van der Waals surface area contributed by atoms with Crippen LogP contribution in [-0.4, -0.2) is 27.4 Å². The smallest absolute Gasteiger partial charge is 0.356 e. The second-order valence-electron chi connectivity index (χ2n) is 4.75. The average molecular weight is 307 g/mol. The fraction of sp³-hybridized carbons (Fsp3) is 0.400. The van der Waals surface area contributed by atoms with Crippen molar-refractivity contribution in [2.75, 3.05) is 7.11 Å². The van der Waals surface area contributed by atoms with Crippen LogP contribution in [0, 0.1) is 18.5 Å². The van der Waals surface area contributed by atoms with Crippen molar-refractivity contribution >= 4 is 18.2 Å². The minimum Gasteiger partial charge on any atom is -0.464 e. The summed E-state index contributed by atoms with van der Waals surface area (Å²) >= 11 is 5.39. The predicted octanol–water partition coefficient (Wildman–Crippen LogP) is 3.19. The summed E-state index contributed by atoms with van der Waals surface area (Å²) in [5, 5.41) is 4.39. The Morgan fingerprint density at radius 2 is 1.86 bits per heavy atom. The molecule has 21 heavy (non-hydrogen) atoms. The Kier molecular flexibility index (Phi) is 5.06. The van der Waals surface area contributed by atoms with Crippen LogP contribution in [-0.2, 0) is 18.8 Å². The van der Waals surface area contributed by atoms with Gasteiger partial charge < -0.3 is 9.30 Å². The van der Waals surface area contributed by atoms with Crippen LogP contribution in [0.15, 0.2) is 12.1 Å². The van der Waals surface area contributed by atoms with E-state index in [0.29, 0.717) is 11.4 Å². The first-order valence-electron chi connectivity index (χ1n) is 6.16. The molecule has 0 N–H and O–H groups in total. The Morgan fingerprint density at radius 3 is 2.43 bits per heavy atom. The molecule has 0 unspecified atom stereocenters. The Labute approximate surface area is 130 Å². The standard InChI is InChI=1S/C14H17N3O2S.CH4/c1-8-6-9(2)13(20)16(3)12(8)10-7-11(14(18)19-5)17(4)15-10;/h6-7H,1-5H3;1H4. The zero-order valence-corrected chi connectivity index (χ0v) is 13.0. The Hall–Kier alpha value is -1.95. The van der Waals surface area contributed by atoms with Crippen molar-refractivity contribution in [3.05, 3.63) is 33.6 Å². The van der Waals surface area contributed by atoms with Gasteiger partial charge in [0.25, 0.3) is 0 Å². The van der Waals surface area contributed by atoms with E-state index in [2.05, 4.69) is 5.10 Å². The number of carbonyl (C=O) groups excluding carboxylic acids is 1. The molecule has 0 aliphatic rings. The number of hydrogen-bond acceptors (Lipinski definition) is 4. The maximum Gasteiger partial charge on any atom is 0.356 e. The minimum atomic E-state index is -0.405. The molecule has 0 spiro atoms. The highest BCUT2D eigenvalue weighted by molar-refractivity contribution is 7.71. The predicted molar refractivity (Wildman–Crippen MR) is 86.0 cm³/mol. The van der Waals surface area contributed by atoms with Crippen LogP contribution >= 0.6 is 12.2 Å². The van der Waals surface area contributed by atoms with Crippen LogP contribution in [0.3, 0.4) is 0 Å². The lowest BCUT2D eigenvalue weighted by Crippen LogP contribution is -2.08. The SMILES string of the molecule is C.COC(=O)c1cc(-c2c(C)cc(C)c(=S)n2C)nn1C. The largest absolute Gasteiger partial charge is 0.464 e.